The van der Waals surface area contributed by atoms with Gasteiger partial charge in [-0.25, -0.2) is 12.7 Å². The van der Waals surface area contributed by atoms with Crippen LogP contribution in [-0.2, 0) is 21.4 Å². The molecule has 1 aromatic heterocycles. The van der Waals surface area contributed by atoms with E-state index in [2.05, 4.69) is 6.58 Å². The summed E-state index contributed by atoms with van der Waals surface area (Å²) in [4.78, 5) is 15.7. The van der Waals surface area contributed by atoms with Gasteiger partial charge >= 0.3 is 0 Å². The van der Waals surface area contributed by atoms with Gasteiger partial charge in [-0.2, -0.15) is 0 Å². The number of rotatable bonds is 8. The number of amides is 1. The quantitative estimate of drug-likeness (QED) is 0.624. The van der Waals surface area contributed by atoms with Crippen LogP contribution in [0.25, 0.3) is 0 Å². The standard InChI is InChI=1S/C17H25ClN2O3S2/c1-3-9-19(13-15-7-8-16(18)24-15)17(21)14-6-5-10-20(12-14)25(22,23)11-4-2/h3,7-8,14H,1,4-6,9-13H2,2H3. The molecule has 1 fully saturated rings. The van der Waals surface area contributed by atoms with Gasteiger partial charge in [0.1, 0.15) is 0 Å². The molecule has 0 saturated carbocycles. The first-order chi connectivity index (χ1) is 11.9. The minimum absolute atomic E-state index is 0.0131. The van der Waals surface area contributed by atoms with E-state index >= 15 is 0 Å². The van der Waals surface area contributed by atoms with Crippen LogP contribution in [-0.4, -0.2) is 48.9 Å². The first-order valence-corrected chi connectivity index (χ1v) is 11.3. The second kappa shape index (κ2) is 9.16. The third-order valence-corrected chi connectivity index (χ3v) is 7.48. The lowest BCUT2D eigenvalue weighted by molar-refractivity contribution is -0.136. The number of halogens is 1. The highest BCUT2D eigenvalue weighted by Gasteiger charge is 2.33. The zero-order valence-electron chi connectivity index (χ0n) is 14.5. The summed E-state index contributed by atoms with van der Waals surface area (Å²) < 4.78 is 26.8. The summed E-state index contributed by atoms with van der Waals surface area (Å²) in [7, 11) is -3.27. The van der Waals surface area contributed by atoms with E-state index < -0.39 is 10.0 Å². The molecule has 8 heteroatoms. The van der Waals surface area contributed by atoms with Crippen molar-refractivity contribution in [3.63, 3.8) is 0 Å². The third-order valence-electron chi connectivity index (χ3n) is 4.23. The minimum Gasteiger partial charge on any atom is -0.334 e. The number of piperidine rings is 1. The van der Waals surface area contributed by atoms with E-state index in [4.69, 9.17) is 11.6 Å². The molecule has 0 radical (unpaired) electrons. The Morgan fingerprint density at radius 3 is 2.88 bits per heavy atom. The van der Waals surface area contributed by atoms with Crippen molar-refractivity contribution in [1.29, 1.82) is 0 Å². The maximum Gasteiger partial charge on any atom is 0.227 e. The average molecular weight is 405 g/mol. The van der Waals surface area contributed by atoms with Crippen molar-refractivity contribution in [1.82, 2.24) is 9.21 Å². The van der Waals surface area contributed by atoms with Gasteiger partial charge in [0.05, 0.1) is 22.6 Å². The predicted octanol–water partition coefficient (Wildman–Crippen LogP) is 3.37. The van der Waals surface area contributed by atoms with Gasteiger partial charge in [-0.3, -0.25) is 4.79 Å². The van der Waals surface area contributed by atoms with E-state index in [1.807, 2.05) is 19.1 Å². The van der Waals surface area contributed by atoms with Crippen molar-refractivity contribution in [3.05, 3.63) is 34.0 Å². The molecule has 0 N–H and O–H groups in total. The number of nitrogens with zero attached hydrogens (tertiary/aromatic N) is 2. The van der Waals surface area contributed by atoms with Gasteiger partial charge in [-0.1, -0.05) is 24.6 Å². The van der Waals surface area contributed by atoms with Gasteiger partial charge in [0.2, 0.25) is 15.9 Å². The summed E-state index contributed by atoms with van der Waals surface area (Å²) in [6.45, 7) is 7.28. The topological polar surface area (TPSA) is 57.7 Å². The molecule has 2 heterocycles. The van der Waals surface area contributed by atoms with Gasteiger partial charge in [0, 0.05) is 24.5 Å². The summed E-state index contributed by atoms with van der Waals surface area (Å²) >= 11 is 7.42. The molecule has 25 heavy (non-hydrogen) atoms. The van der Waals surface area contributed by atoms with Crippen LogP contribution >= 0.6 is 22.9 Å². The van der Waals surface area contributed by atoms with Crippen molar-refractivity contribution < 1.29 is 13.2 Å². The Hall–Kier alpha value is -0.890. The summed E-state index contributed by atoms with van der Waals surface area (Å²) in [5.74, 6) is -0.172. The van der Waals surface area contributed by atoms with Crippen LogP contribution in [0.1, 0.15) is 31.1 Å². The Morgan fingerprint density at radius 2 is 2.28 bits per heavy atom. The molecule has 1 aliphatic rings. The van der Waals surface area contributed by atoms with Gasteiger partial charge in [0.25, 0.3) is 0 Å². The molecule has 5 nitrogen and oxygen atoms in total. The number of carbonyl (C=O) groups excluding carboxylic acids is 1. The fourth-order valence-corrected chi connectivity index (χ4v) is 5.75. The summed E-state index contributed by atoms with van der Waals surface area (Å²) in [6.07, 6.45) is 3.71. The van der Waals surface area contributed by atoms with E-state index in [1.54, 1.807) is 11.0 Å². The van der Waals surface area contributed by atoms with Crippen LogP contribution in [0.3, 0.4) is 0 Å². The van der Waals surface area contributed by atoms with Gasteiger partial charge < -0.3 is 4.90 Å². The number of hydrogen-bond donors (Lipinski definition) is 0. The molecule has 0 aliphatic carbocycles. The van der Waals surface area contributed by atoms with Crippen LogP contribution in [0.5, 0.6) is 0 Å². The molecule has 140 valence electrons. The molecular weight excluding hydrogens is 380 g/mol. The van der Waals surface area contributed by atoms with Crippen LogP contribution in [0, 0.1) is 5.92 Å². The van der Waals surface area contributed by atoms with Gasteiger partial charge in [0.15, 0.2) is 0 Å². The molecule has 2 rings (SSSR count). The highest BCUT2D eigenvalue weighted by molar-refractivity contribution is 7.89. The van der Waals surface area contributed by atoms with E-state index in [0.29, 0.717) is 36.8 Å². The SMILES string of the molecule is C=CCN(Cc1ccc(Cl)s1)C(=O)C1CCCN(S(=O)(=O)CCC)C1. The van der Waals surface area contributed by atoms with E-state index in [-0.39, 0.29) is 24.1 Å². The molecule has 0 aromatic carbocycles. The van der Waals surface area contributed by atoms with Crippen LogP contribution in [0.15, 0.2) is 24.8 Å². The van der Waals surface area contributed by atoms with Gasteiger partial charge in [-0.15, -0.1) is 17.9 Å². The number of thiophene rings is 1. The van der Waals surface area contributed by atoms with Gasteiger partial charge in [-0.05, 0) is 31.4 Å². The van der Waals surface area contributed by atoms with Crippen LogP contribution in [0.2, 0.25) is 4.34 Å². The highest BCUT2D eigenvalue weighted by atomic mass is 35.5. The Labute approximate surface area is 159 Å². The Bertz CT molecular complexity index is 703. The van der Waals surface area contributed by atoms with Crippen LogP contribution < -0.4 is 0 Å². The Kier molecular flexibility index (Phi) is 7.49. The molecule has 1 atom stereocenters. The number of hydrogen-bond acceptors (Lipinski definition) is 4. The van der Waals surface area contributed by atoms with Crippen molar-refractivity contribution in [2.75, 3.05) is 25.4 Å². The predicted molar refractivity (Wildman–Crippen MR) is 103 cm³/mol. The molecule has 1 aliphatic heterocycles. The molecule has 0 spiro atoms. The monoisotopic (exact) mass is 404 g/mol. The molecule has 0 bridgehead atoms. The summed E-state index contributed by atoms with van der Waals surface area (Å²) in [5, 5.41) is 0. The second-order valence-electron chi connectivity index (χ2n) is 6.23. The zero-order valence-corrected chi connectivity index (χ0v) is 16.9. The molecule has 1 amide bonds. The first kappa shape index (κ1) is 20.4. The van der Waals surface area contributed by atoms with E-state index in [9.17, 15) is 13.2 Å². The molecule has 1 unspecified atom stereocenters. The van der Waals surface area contributed by atoms with E-state index in [0.717, 1.165) is 11.3 Å². The fraction of sp³-hybridized carbons (Fsp3) is 0.588. The van der Waals surface area contributed by atoms with E-state index in [1.165, 1.54) is 15.6 Å². The van der Waals surface area contributed by atoms with Crippen LogP contribution in [0.4, 0.5) is 0 Å². The lowest BCUT2D eigenvalue weighted by atomic mass is 9.98. The van der Waals surface area contributed by atoms with Crippen molar-refractivity contribution >= 4 is 38.9 Å². The zero-order chi connectivity index (χ0) is 18.4. The van der Waals surface area contributed by atoms with Crippen molar-refractivity contribution in [3.8, 4) is 0 Å². The Morgan fingerprint density at radius 1 is 1.52 bits per heavy atom. The third kappa shape index (κ3) is 5.54. The van der Waals surface area contributed by atoms with Crippen molar-refractivity contribution in [2.45, 2.75) is 32.7 Å². The lowest BCUT2D eigenvalue weighted by Crippen LogP contribution is -2.47. The average Bonchev–Trinajstić information content (AvgIpc) is 2.99. The maximum absolute atomic E-state index is 13.0. The lowest BCUT2D eigenvalue weighted by Gasteiger charge is -2.34. The number of carbonyl (C=O) groups is 1. The molecule has 1 aromatic rings. The minimum atomic E-state index is -3.27. The van der Waals surface area contributed by atoms with Crippen molar-refractivity contribution in [2.24, 2.45) is 5.92 Å². The Balaban J connectivity index is 2.08. The highest BCUT2D eigenvalue weighted by Crippen LogP contribution is 2.26. The summed E-state index contributed by atoms with van der Waals surface area (Å²) in [5.41, 5.74) is 0. The largest absolute Gasteiger partial charge is 0.334 e. The summed E-state index contributed by atoms with van der Waals surface area (Å²) in [6, 6.07) is 3.73. The molecular formula is C17H25ClN2O3S2. The maximum atomic E-state index is 13.0. The fourth-order valence-electron chi connectivity index (χ4n) is 3.06. The molecule has 1 saturated heterocycles. The second-order valence-corrected chi connectivity index (χ2v) is 10.1. The normalized spacial score (nSPS) is 18.9. The number of sulfonamides is 1. The first-order valence-electron chi connectivity index (χ1n) is 8.49. The smallest absolute Gasteiger partial charge is 0.227 e.